The summed E-state index contributed by atoms with van der Waals surface area (Å²) in [6.07, 6.45) is -4.07. The first-order valence-corrected chi connectivity index (χ1v) is 6.22. The highest BCUT2D eigenvalue weighted by atomic mass is 19.4. The van der Waals surface area contributed by atoms with E-state index in [0.717, 1.165) is 0 Å². The molecular weight excluding hydrogens is 301 g/mol. The second kappa shape index (κ2) is 5.32. The molecule has 0 aliphatic heterocycles. The van der Waals surface area contributed by atoms with Crippen LogP contribution in [0.4, 0.5) is 18.9 Å². The monoisotopic (exact) mass is 314 g/mol. The van der Waals surface area contributed by atoms with Crippen molar-refractivity contribution >= 4 is 11.6 Å². The van der Waals surface area contributed by atoms with Crippen molar-refractivity contribution in [2.75, 3.05) is 5.32 Å². The summed E-state index contributed by atoms with van der Waals surface area (Å²) in [6, 6.07) is 0.595. The molecule has 0 fully saturated rings. The van der Waals surface area contributed by atoms with E-state index in [1.807, 2.05) is 4.98 Å². The van der Waals surface area contributed by atoms with E-state index < -0.39 is 28.9 Å². The third-order valence-electron chi connectivity index (χ3n) is 3.21. The van der Waals surface area contributed by atoms with Crippen LogP contribution in [0.3, 0.4) is 0 Å². The second-order valence-corrected chi connectivity index (χ2v) is 4.75. The number of H-pyrrole nitrogens is 1. The van der Waals surface area contributed by atoms with Crippen LogP contribution in [0.1, 0.15) is 27.3 Å². The predicted molar refractivity (Wildman–Crippen MR) is 72.7 cm³/mol. The molecule has 2 aromatic heterocycles. The van der Waals surface area contributed by atoms with Crippen LogP contribution >= 0.6 is 0 Å². The summed E-state index contributed by atoms with van der Waals surface area (Å²) in [4.78, 5) is 25.7. The van der Waals surface area contributed by atoms with Gasteiger partial charge in [0.15, 0.2) is 0 Å². The molecule has 2 heterocycles. The summed E-state index contributed by atoms with van der Waals surface area (Å²) in [6.45, 7) is 3.24. The lowest BCUT2D eigenvalue weighted by Gasteiger charge is -2.09. The van der Waals surface area contributed by atoms with E-state index in [0.29, 0.717) is 23.7 Å². The van der Waals surface area contributed by atoms with Gasteiger partial charge < -0.3 is 10.3 Å². The molecule has 0 aromatic carbocycles. The van der Waals surface area contributed by atoms with E-state index in [1.165, 1.54) is 4.68 Å². The van der Waals surface area contributed by atoms with Crippen LogP contribution in [0.25, 0.3) is 0 Å². The Morgan fingerprint density at radius 1 is 1.36 bits per heavy atom. The van der Waals surface area contributed by atoms with Gasteiger partial charge in [0, 0.05) is 18.9 Å². The molecule has 2 rings (SSSR count). The molecule has 2 N–H and O–H groups in total. The third-order valence-corrected chi connectivity index (χ3v) is 3.21. The van der Waals surface area contributed by atoms with Crippen LogP contribution in [0.2, 0.25) is 0 Å². The number of hydrogen-bond donors (Lipinski definition) is 2. The summed E-state index contributed by atoms with van der Waals surface area (Å²) in [7, 11) is 1.64. The molecule has 0 unspecified atom stereocenters. The standard InChI is InChI=1S/C13H13F3N4O2/c1-6-10(7(2)20(3)19-6)12(22)18-9-4-8(13(14,15)16)5-17-11(9)21/h4-5H,1-3H3,(H,17,21)(H,18,22). The van der Waals surface area contributed by atoms with Crippen molar-refractivity contribution < 1.29 is 18.0 Å². The number of aromatic amines is 1. The Hall–Kier alpha value is -2.58. The summed E-state index contributed by atoms with van der Waals surface area (Å²) < 4.78 is 39.4. The fourth-order valence-electron chi connectivity index (χ4n) is 2.03. The van der Waals surface area contributed by atoms with Crippen LogP contribution in [0, 0.1) is 13.8 Å². The Morgan fingerprint density at radius 3 is 2.50 bits per heavy atom. The largest absolute Gasteiger partial charge is 0.417 e. The lowest BCUT2D eigenvalue weighted by molar-refractivity contribution is -0.137. The van der Waals surface area contributed by atoms with E-state index in [2.05, 4.69) is 10.4 Å². The summed E-state index contributed by atoms with van der Waals surface area (Å²) in [5.74, 6) is -0.687. The highest BCUT2D eigenvalue weighted by molar-refractivity contribution is 6.05. The molecule has 0 saturated carbocycles. The first-order chi connectivity index (χ1) is 10.1. The van der Waals surface area contributed by atoms with Gasteiger partial charge in [0.2, 0.25) is 0 Å². The molecule has 22 heavy (non-hydrogen) atoms. The molecule has 0 aliphatic rings. The molecule has 0 atom stereocenters. The Bertz CT molecular complexity index is 790. The Kier molecular flexibility index (Phi) is 3.82. The van der Waals surface area contributed by atoms with Crippen molar-refractivity contribution in [3.63, 3.8) is 0 Å². The highest BCUT2D eigenvalue weighted by Crippen LogP contribution is 2.29. The maximum absolute atomic E-state index is 12.6. The molecule has 2 aromatic rings. The van der Waals surface area contributed by atoms with Crippen molar-refractivity contribution in [2.45, 2.75) is 20.0 Å². The molecule has 118 valence electrons. The SMILES string of the molecule is Cc1nn(C)c(C)c1C(=O)Nc1cc(C(F)(F)F)c[nH]c1=O. The van der Waals surface area contributed by atoms with Gasteiger partial charge in [0.05, 0.1) is 16.8 Å². The van der Waals surface area contributed by atoms with E-state index in [-0.39, 0.29) is 5.56 Å². The molecular formula is C13H13F3N4O2. The lowest BCUT2D eigenvalue weighted by atomic mass is 10.1. The van der Waals surface area contributed by atoms with Gasteiger partial charge in [0.1, 0.15) is 5.69 Å². The highest BCUT2D eigenvalue weighted by Gasteiger charge is 2.31. The molecule has 0 aliphatic carbocycles. The van der Waals surface area contributed by atoms with Crippen LogP contribution in [-0.2, 0) is 13.2 Å². The van der Waals surface area contributed by atoms with Gasteiger partial charge in [-0.1, -0.05) is 0 Å². The van der Waals surface area contributed by atoms with Crippen LogP contribution in [-0.4, -0.2) is 20.7 Å². The van der Waals surface area contributed by atoms with Gasteiger partial charge in [-0.05, 0) is 19.9 Å². The van der Waals surface area contributed by atoms with Crippen molar-refractivity contribution in [3.05, 3.63) is 45.1 Å². The van der Waals surface area contributed by atoms with Gasteiger partial charge in [-0.3, -0.25) is 14.3 Å². The topological polar surface area (TPSA) is 79.8 Å². The number of carbonyl (C=O) groups excluding carboxylic acids is 1. The number of halogens is 3. The van der Waals surface area contributed by atoms with Crippen LogP contribution < -0.4 is 10.9 Å². The Labute approximate surface area is 123 Å². The smallest absolute Gasteiger partial charge is 0.327 e. The number of rotatable bonds is 2. The molecule has 0 bridgehead atoms. The molecule has 0 saturated heterocycles. The molecule has 9 heteroatoms. The first-order valence-electron chi connectivity index (χ1n) is 6.22. The number of anilines is 1. The van der Waals surface area contributed by atoms with Crippen molar-refractivity contribution in [1.29, 1.82) is 0 Å². The zero-order valence-electron chi connectivity index (χ0n) is 12.0. The van der Waals surface area contributed by atoms with Gasteiger partial charge in [-0.25, -0.2) is 0 Å². The third kappa shape index (κ3) is 2.87. The number of aromatic nitrogens is 3. The minimum atomic E-state index is -4.62. The maximum Gasteiger partial charge on any atom is 0.417 e. The van der Waals surface area contributed by atoms with Crippen LogP contribution in [0.15, 0.2) is 17.1 Å². The molecule has 0 spiro atoms. The molecule has 6 nitrogen and oxygen atoms in total. The number of nitrogens with one attached hydrogen (secondary N) is 2. The first kappa shape index (κ1) is 15.8. The lowest BCUT2D eigenvalue weighted by Crippen LogP contribution is -2.22. The number of aryl methyl sites for hydroxylation is 2. The van der Waals surface area contributed by atoms with Gasteiger partial charge in [-0.15, -0.1) is 0 Å². The van der Waals surface area contributed by atoms with Crippen LogP contribution in [0.5, 0.6) is 0 Å². The van der Waals surface area contributed by atoms with E-state index in [1.54, 1.807) is 20.9 Å². The fourth-order valence-corrected chi connectivity index (χ4v) is 2.03. The van der Waals surface area contributed by atoms with E-state index in [9.17, 15) is 22.8 Å². The zero-order chi connectivity index (χ0) is 16.7. The summed E-state index contributed by atoms with van der Waals surface area (Å²) >= 11 is 0. The zero-order valence-corrected chi connectivity index (χ0v) is 12.0. The molecule has 1 amide bonds. The average Bonchev–Trinajstić information content (AvgIpc) is 2.64. The predicted octanol–water partition coefficient (Wildman–Crippen LogP) is 2.00. The number of pyridine rings is 1. The van der Waals surface area contributed by atoms with Crippen molar-refractivity contribution in [1.82, 2.24) is 14.8 Å². The maximum atomic E-state index is 12.6. The summed E-state index contributed by atoms with van der Waals surface area (Å²) in [5.41, 5.74) is -1.16. The van der Waals surface area contributed by atoms with Gasteiger partial charge in [0.25, 0.3) is 11.5 Å². The van der Waals surface area contributed by atoms with Gasteiger partial charge in [-0.2, -0.15) is 18.3 Å². The van der Waals surface area contributed by atoms with Crippen molar-refractivity contribution in [2.24, 2.45) is 7.05 Å². The average molecular weight is 314 g/mol. The minimum absolute atomic E-state index is 0.222. The fraction of sp³-hybridized carbons (Fsp3) is 0.308. The number of amides is 1. The Morgan fingerprint density at radius 2 is 2.00 bits per heavy atom. The number of nitrogens with zero attached hydrogens (tertiary/aromatic N) is 2. The number of hydrogen-bond acceptors (Lipinski definition) is 3. The van der Waals surface area contributed by atoms with Crippen molar-refractivity contribution in [3.8, 4) is 0 Å². The van der Waals surface area contributed by atoms with Gasteiger partial charge >= 0.3 is 6.18 Å². The number of alkyl halides is 3. The quantitative estimate of drug-likeness (QED) is 0.889. The minimum Gasteiger partial charge on any atom is -0.327 e. The Balaban J connectivity index is 2.38. The second-order valence-electron chi connectivity index (χ2n) is 4.75. The van der Waals surface area contributed by atoms with E-state index >= 15 is 0 Å². The summed E-state index contributed by atoms with van der Waals surface area (Å²) in [5, 5.41) is 6.24. The molecule has 0 radical (unpaired) electrons. The normalized spacial score (nSPS) is 11.5. The van der Waals surface area contributed by atoms with E-state index in [4.69, 9.17) is 0 Å². The number of carbonyl (C=O) groups is 1.